The molecule has 0 saturated carbocycles. The minimum Gasteiger partial charge on any atom is -0.497 e. The van der Waals surface area contributed by atoms with Crippen molar-refractivity contribution in [2.24, 2.45) is 0 Å². The maximum Gasteiger partial charge on any atom is 0.410 e. The summed E-state index contributed by atoms with van der Waals surface area (Å²) in [6.07, 6.45) is 0.365. The highest BCUT2D eigenvalue weighted by molar-refractivity contribution is 5.70. The molecule has 0 aliphatic carbocycles. The number of carbonyl (C=O) groups excluding carboxylic acids is 1. The van der Waals surface area contributed by atoms with Crippen LogP contribution in [0.2, 0.25) is 0 Å². The quantitative estimate of drug-likeness (QED) is 0.773. The molecule has 1 saturated heterocycles. The van der Waals surface area contributed by atoms with E-state index in [0.29, 0.717) is 13.0 Å². The van der Waals surface area contributed by atoms with Crippen molar-refractivity contribution in [2.45, 2.75) is 39.0 Å². The minimum atomic E-state index is -0.250. The SMILES string of the molecule is C=C(C)C[C@@H]1OC(=O)N(Cc2ccc(OC)cc2)[C@H]1C. The second kappa shape index (κ2) is 5.99. The Morgan fingerprint density at radius 3 is 2.60 bits per heavy atom. The molecule has 1 aliphatic rings. The van der Waals surface area contributed by atoms with Crippen LogP contribution in [0.1, 0.15) is 25.8 Å². The molecule has 4 nitrogen and oxygen atoms in total. The first-order chi connectivity index (χ1) is 9.51. The number of benzene rings is 1. The van der Waals surface area contributed by atoms with Crippen LogP contribution in [0.3, 0.4) is 0 Å². The highest BCUT2D eigenvalue weighted by atomic mass is 16.6. The average Bonchev–Trinajstić information content (AvgIpc) is 2.66. The molecular formula is C16H21NO3. The van der Waals surface area contributed by atoms with Crippen molar-refractivity contribution in [2.75, 3.05) is 7.11 Å². The van der Waals surface area contributed by atoms with Gasteiger partial charge < -0.3 is 9.47 Å². The Bertz CT molecular complexity index is 495. The third-order valence-electron chi connectivity index (χ3n) is 3.58. The lowest BCUT2D eigenvalue weighted by Gasteiger charge is -2.21. The minimum absolute atomic E-state index is 0.0568. The average molecular weight is 275 g/mol. The first kappa shape index (κ1) is 14.4. The second-order valence-electron chi connectivity index (χ2n) is 5.30. The van der Waals surface area contributed by atoms with Gasteiger partial charge in [0.1, 0.15) is 11.9 Å². The monoisotopic (exact) mass is 275 g/mol. The van der Waals surface area contributed by atoms with Gasteiger partial charge in [-0.25, -0.2) is 4.79 Å². The first-order valence-electron chi connectivity index (χ1n) is 6.76. The summed E-state index contributed by atoms with van der Waals surface area (Å²) < 4.78 is 10.5. The van der Waals surface area contributed by atoms with E-state index in [1.807, 2.05) is 38.1 Å². The Morgan fingerprint density at radius 1 is 1.40 bits per heavy atom. The number of ether oxygens (including phenoxy) is 2. The maximum absolute atomic E-state index is 12.0. The summed E-state index contributed by atoms with van der Waals surface area (Å²) in [6.45, 7) is 8.40. The molecule has 20 heavy (non-hydrogen) atoms. The third-order valence-corrected chi connectivity index (χ3v) is 3.58. The van der Waals surface area contributed by atoms with Crippen LogP contribution in [0.25, 0.3) is 0 Å². The lowest BCUT2D eigenvalue weighted by molar-refractivity contribution is 0.130. The molecule has 1 heterocycles. The molecule has 1 aromatic carbocycles. The van der Waals surface area contributed by atoms with Crippen molar-refractivity contribution in [1.29, 1.82) is 0 Å². The number of carbonyl (C=O) groups is 1. The zero-order valence-corrected chi connectivity index (χ0v) is 12.3. The third kappa shape index (κ3) is 3.13. The van der Waals surface area contributed by atoms with Crippen molar-refractivity contribution < 1.29 is 14.3 Å². The maximum atomic E-state index is 12.0. The fraction of sp³-hybridized carbons (Fsp3) is 0.438. The Labute approximate surface area is 120 Å². The molecule has 1 amide bonds. The summed E-state index contributed by atoms with van der Waals surface area (Å²) in [4.78, 5) is 13.7. The number of hydrogen-bond donors (Lipinski definition) is 0. The van der Waals surface area contributed by atoms with Gasteiger partial charge in [-0.15, -0.1) is 6.58 Å². The van der Waals surface area contributed by atoms with E-state index in [0.717, 1.165) is 16.9 Å². The summed E-state index contributed by atoms with van der Waals surface area (Å²) in [5.41, 5.74) is 2.09. The van der Waals surface area contributed by atoms with E-state index >= 15 is 0 Å². The molecule has 1 aromatic rings. The van der Waals surface area contributed by atoms with Gasteiger partial charge in [0.05, 0.1) is 13.2 Å². The van der Waals surface area contributed by atoms with Crippen molar-refractivity contribution in [3.05, 3.63) is 42.0 Å². The van der Waals surface area contributed by atoms with Gasteiger partial charge in [0.2, 0.25) is 0 Å². The zero-order valence-electron chi connectivity index (χ0n) is 12.3. The van der Waals surface area contributed by atoms with Crippen molar-refractivity contribution in [1.82, 2.24) is 4.90 Å². The predicted octanol–water partition coefficient (Wildman–Crippen LogP) is 3.37. The standard InChI is InChI=1S/C16H21NO3/c1-11(2)9-15-12(3)17(16(18)20-15)10-13-5-7-14(19-4)8-6-13/h5-8,12,15H,1,9-10H2,2-4H3/t12-,15-/m0/s1. The van der Waals surface area contributed by atoms with Crippen molar-refractivity contribution in [3.63, 3.8) is 0 Å². The highest BCUT2D eigenvalue weighted by Gasteiger charge is 2.38. The molecule has 0 N–H and O–H groups in total. The molecule has 4 heteroatoms. The molecule has 1 fully saturated rings. The number of cyclic esters (lactones) is 1. The Morgan fingerprint density at radius 2 is 2.05 bits per heavy atom. The van der Waals surface area contributed by atoms with Crippen LogP contribution >= 0.6 is 0 Å². The molecule has 2 rings (SSSR count). The van der Waals surface area contributed by atoms with Gasteiger partial charge >= 0.3 is 6.09 Å². The van der Waals surface area contributed by atoms with Gasteiger partial charge in [0.15, 0.2) is 0 Å². The van der Waals surface area contributed by atoms with E-state index in [2.05, 4.69) is 6.58 Å². The van der Waals surface area contributed by atoms with E-state index < -0.39 is 0 Å². The number of rotatable bonds is 5. The molecule has 2 atom stereocenters. The van der Waals surface area contributed by atoms with Crippen LogP contribution in [0.15, 0.2) is 36.4 Å². The van der Waals surface area contributed by atoms with Crippen LogP contribution in [0.5, 0.6) is 5.75 Å². The molecule has 0 spiro atoms. The number of methoxy groups -OCH3 is 1. The van der Waals surface area contributed by atoms with E-state index in [1.165, 1.54) is 0 Å². The Kier molecular flexibility index (Phi) is 4.32. The first-order valence-corrected chi connectivity index (χ1v) is 6.76. The topological polar surface area (TPSA) is 38.8 Å². The largest absolute Gasteiger partial charge is 0.497 e. The van der Waals surface area contributed by atoms with Gasteiger partial charge in [0, 0.05) is 13.0 Å². The van der Waals surface area contributed by atoms with Crippen LogP contribution in [-0.4, -0.2) is 30.2 Å². The van der Waals surface area contributed by atoms with E-state index in [4.69, 9.17) is 9.47 Å². The highest BCUT2D eigenvalue weighted by Crippen LogP contribution is 2.26. The van der Waals surface area contributed by atoms with Gasteiger partial charge in [0.25, 0.3) is 0 Å². The normalized spacial score (nSPS) is 21.8. The van der Waals surface area contributed by atoms with E-state index in [1.54, 1.807) is 12.0 Å². The predicted molar refractivity (Wildman–Crippen MR) is 77.7 cm³/mol. The van der Waals surface area contributed by atoms with Gasteiger partial charge in [-0.05, 0) is 31.5 Å². The molecular weight excluding hydrogens is 254 g/mol. The lowest BCUT2D eigenvalue weighted by Crippen LogP contribution is -2.33. The number of nitrogens with zero attached hydrogens (tertiary/aromatic N) is 1. The fourth-order valence-electron chi connectivity index (χ4n) is 2.35. The summed E-state index contributed by atoms with van der Waals surface area (Å²) >= 11 is 0. The molecule has 108 valence electrons. The summed E-state index contributed by atoms with van der Waals surface area (Å²) in [7, 11) is 1.64. The summed E-state index contributed by atoms with van der Waals surface area (Å²) in [5.74, 6) is 0.811. The van der Waals surface area contributed by atoms with Gasteiger partial charge in [-0.3, -0.25) is 4.90 Å². The van der Waals surface area contributed by atoms with Crippen molar-refractivity contribution in [3.8, 4) is 5.75 Å². The van der Waals surface area contributed by atoms with Crippen molar-refractivity contribution >= 4 is 6.09 Å². The van der Waals surface area contributed by atoms with Crippen LogP contribution in [-0.2, 0) is 11.3 Å². The Balaban J connectivity index is 2.04. The molecule has 0 bridgehead atoms. The van der Waals surface area contributed by atoms with E-state index in [-0.39, 0.29) is 18.2 Å². The van der Waals surface area contributed by atoms with Crippen LogP contribution in [0.4, 0.5) is 4.79 Å². The van der Waals surface area contributed by atoms with Gasteiger partial charge in [-0.1, -0.05) is 17.7 Å². The molecule has 0 unspecified atom stereocenters. The van der Waals surface area contributed by atoms with E-state index in [9.17, 15) is 4.79 Å². The lowest BCUT2D eigenvalue weighted by atomic mass is 10.0. The smallest absolute Gasteiger partial charge is 0.410 e. The van der Waals surface area contributed by atoms with Crippen LogP contribution < -0.4 is 4.74 Å². The number of amides is 1. The zero-order chi connectivity index (χ0) is 14.7. The second-order valence-corrected chi connectivity index (χ2v) is 5.30. The fourth-order valence-corrected chi connectivity index (χ4v) is 2.35. The molecule has 0 radical (unpaired) electrons. The Hall–Kier alpha value is -1.97. The van der Waals surface area contributed by atoms with Gasteiger partial charge in [-0.2, -0.15) is 0 Å². The summed E-state index contributed by atoms with van der Waals surface area (Å²) in [5, 5.41) is 0. The van der Waals surface area contributed by atoms with Crippen LogP contribution in [0, 0.1) is 0 Å². The molecule has 0 aromatic heterocycles. The number of hydrogen-bond acceptors (Lipinski definition) is 3. The molecule has 1 aliphatic heterocycles. The summed E-state index contributed by atoms with van der Waals surface area (Å²) in [6, 6.07) is 7.77.